The summed E-state index contributed by atoms with van der Waals surface area (Å²) in [6, 6.07) is 10.4. The molecule has 9 heteroatoms. The zero-order valence-corrected chi connectivity index (χ0v) is 16.6. The van der Waals surface area contributed by atoms with Gasteiger partial charge in [-0.15, -0.1) is 0 Å². The molecule has 2 aromatic carbocycles. The van der Waals surface area contributed by atoms with Gasteiger partial charge in [-0.1, -0.05) is 11.6 Å². The van der Waals surface area contributed by atoms with E-state index >= 15 is 0 Å². The fourth-order valence-electron chi connectivity index (χ4n) is 2.77. The van der Waals surface area contributed by atoms with E-state index in [1.807, 2.05) is 0 Å². The zero-order valence-electron chi connectivity index (χ0n) is 14.2. The van der Waals surface area contributed by atoms with Crippen LogP contribution < -0.4 is 4.74 Å². The van der Waals surface area contributed by atoms with Crippen molar-refractivity contribution in [3.8, 4) is 5.75 Å². The molecule has 0 aliphatic carbocycles. The number of nitrogens with zero attached hydrogens (tertiary/aromatic N) is 1. The van der Waals surface area contributed by atoms with Crippen molar-refractivity contribution in [2.24, 2.45) is 0 Å². The lowest BCUT2D eigenvalue weighted by atomic mass is 10.2. The van der Waals surface area contributed by atoms with Crippen LogP contribution >= 0.6 is 11.6 Å². The molecule has 0 N–H and O–H groups in total. The highest BCUT2D eigenvalue weighted by Gasteiger charge is 2.44. The van der Waals surface area contributed by atoms with E-state index < -0.39 is 25.1 Å². The fourth-order valence-corrected chi connectivity index (χ4v) is 6.35. The second-order valence-electron chi connectivity index (χ2n) is 6.07. The number of sulfone groups is 1. The SMILES string of the molecule is COc1ccc(S(=O)(=O)N2CC(S(=O)(=O)c3ccc(Cl)cc3)C2)cc1C. The van der Waals surface area contributed by atoms with Crippen LogP contribution in [0.4, 0.5) is 0 Å². The molecular formula is C17H18ClNO5S2. The summed E-state index contributed by atoms with van der Waals surface area (Å²) in [6.07, 6.45) is 0. The average molecular weight is 416 g/mol. The molecule has 0 bridgehead atoms. The Morgan fingerprint density at radius 2 is 1.58 bits per heavy atom. The first-order valence-electron chi connectivity index (χ1n) is 7.80. The zero-order chi connectivity index (χ0) is 19.1. The third-order valence-corrected chi connectivity index (χ3v) is 8.58. The van der Waals surface area contributed by atoms with Gasteiger partial charge in [-0.3, -0.25) is 0 Å². The first-order valence-corrected chi connectivity index (χ1v) is 11.2. The number of benzene rings is 2. The summed E-state index contributed by atoms with van der Waals surface area (Å²) < 4.78 is 56.9. The first kappa shape index (κ1) is 19.2. The Bertz CT molecular complexity index is 1030. The van der Waals surface area contributed by atoms with Crippen molar-refractivity contribution in [2.45, 2.75) is 22.0 Å². The fraction of sp³-hybridized carbons (Fsp3) is 0.294. The van der Waals surface area contributed by atoms with Gasteiger partial charge in [0.05, 0.1) is 22.2 Å². The Morgan fingerprint density at radius 1 is 1.00 bits per heavy atom. The molecule has 0 amide bonds. The highest BCUT2D eigenvalue weighted by Crippen LogP contribution is 2.30. The van der Waals surface area contributed by atoms with Crippen LogP contribution in [0.15, 0.2) is 52.3 Å². The van der Waals surface area contributed by atoms with Crippen molar-refractivity contribution in [3.05, 3.63) is 53.1 Å². The molecule has 1 aliphatic rings. The van der Waals surface area contributed by atoms with E-state index in [0.29, 0.717) is 16.3 Å². The summed E-state index contributed by atoms with van der Waals surface area (Å²) in [5, 5.41) is -0.325. The molecule has 1 fully saturated rings. The molecule has 26 heavy (non-hydrogen) atoms. The highest BCUT2D eigenvalue weighted by molar-refractivity contribution is 7.92. The molecule has 6 nitrogen and oxygen atoms in total. The summed E-state index contributed by atoms with van der Waals surface area (Å²) in [7, 11) is -5.83. The van der Waals surface area contributed by atoms with Gasteiger partial charge in [0.25, 0.3) is 0 Å². The molecule has 3 rings (SSSR count). The normalized spacial score (nSPS) is 16.3. The smallest absolute Gasteiger partial charge is 0.243 e. The van der Waals surface area contributed by atoms with Gasteiger partial charge in [0.15, 0.2) is 9.84 Å². The molecule has 0 spiro atoms. The first-order chi connectivity index (χ1) is 12.2. The van der Waals surface area contributed by atoms with E-state index in [9.17, 15) is 16.8 Å². The monoisotopic (exact) mass is 415 g/mol. The van der Waals surface area contributed by atoms with Crippen molar-refractivity contribution in [3.63, 3.8) is 0 Å². The number of ether oxygens (including phenoxy) is 1. The summed E-state index contributed by atoms with van der Waals surface area (Å²) in [4.78, 5) is 0.266. The van der Waals surface area contributed by atoms with E-state index in [1.54, 1.807) is 13.0 Å². The molecule has 0 saturated carbocycles. The number of halogens is 1. The van der Waals surface area contributed by atoms with Crippen LogP contribution in [0.3, 0.4) is 0 Å². The molecule has 0 aromatic heterocycles. The summed E-state index contributed by atoms with van der Waals surface area (Å²) in [5.74, 6) is 0.593. The Kier molecular flexibility index (Phi) is 5.04. The standard InChI is InChI=1S/C17H18ClNO5S2/c1-12-9-15(7-8-17(12)24-2)26(22,23)19-10-16(11-19)25(20,21)14-5-3-13(18)4-6-14/h3-9,16H,10-11H2,1-2H3. The Morgan fingerprint density at radius 3 is 2.12 bits per heavy atom. The van der Waals surface area contributed by atoms with Crippen LogP contribution in [-0.4, -0.2) is 46.6 Å². The quantitative estimate of drug-likeness (QED) is 0.749. The van der Waals surface area contributed by atoms with Crippen LogP contribution in [-0.2, 0) is 19.9 Å². The van der Waals surface area contributed by atoms with Gasteiger partial charge in [0.2, 0.25) is 10.0 Å². The topological polar surface area (TPSA) is 80.8 Å². The van der Waals surface area contributed by atoms with Gasteiger partial charge in [0.1, 0.15) is 5.75 Å². The van der Waals surface area contributed by atoms with Crippen LogP contribution in [0, 0.1) is 6.92 Å². The average Bonchev–Trinajstić information content (AvgIpc) is 2.53. The highest BCUT2D eigenvalue weighted by atomic mass is 35.5. The van der Waals surface area contributed by atoms with Crippen molar-refractivity contribution in [1.29, 1.82) is 0 Å². The summed E-state index contributed by atoms with van der Waals surface area (Å²) >= 11 is 5.78. The van der Waals surface area contributed by atoms with Gasteiger partial charge in [0, 0.05) is 18.1 Å². The second-order valence-corrected chi connectivity index (χ2v) is 10.7. The van der Waals surface area contributed by atoms with Crippen LogP contribution in [0.25, 0.3) is 0 Å². The van der Waals surface area contributed by atoms with Crippen molar-refractivity contribution < 1.29 is 21.6 Å². The number of hydrogen-bond acceptors (Lipinski definition) is 5. The van der Waals surface area contributed by atoms with E-state index in [0.717, 1.165) is 0 Å². The number of aryl methyl sites for hydroxylation is 1. The molecule has 2 aromatic rings. The van der Waals surface area contributed by atoms with E-state index in [4.69, 9.17) is 16.3 Å². The Balaban J connectivity index is 1.78. The molecular weight excluding hydrogens is 398 g/mol. The van der Waals surface area contributed by atoms with Gasteiger partial charge in [-0.25, -0.2) is 16.8 Å². The Labute approximate surface area is 158 Å². The predicted molar refractivity (Wildman–Crippen MR) is 98.9 cm³/mol. The van der Waals surface area contributed by atoms with E-state index in [-0.39, 0.29) is 22.9 Å². The van der Waals surface area contributed by atoms with Crippen molar-refractivity contribution in [2.75, 3.05) is 20.2 Å². The van der Waals surface area contributed by atoms with Gasteiger partial charge in [-0.05, 0) is 55.0 Å². The maximum atomic E-state index is 12.7. The minimum Gasteiger partial charge on any atom is -0.496 e. The molecule has 0 radical (unpaired) electrons. The van der Waals surface area contributed by atoms with Gasteiger partial charge in [-0.2, -0.15) is 4.31 Å². The predicted octanol–water partition coefficient (Wildman–Crippen LogP) is 2.50. The maximum Gasteiger partial charge on any atom is 0.243 e. The third-order valence-electron chi connectivity index (χ3n) is 4.40. The molecule has 1 saturated heterocycles. The largest absolute Gasteiger partial charge is 0.496 e. The number of methoxy groups -OCH3 is 1. The number of hydrogen-bond donors (Lipinski definition) is 0. The third kappa shape index (κ3) is 3.34. The lowest BCUT2D eigenvalue weighted by Gasteiger charge is -2.37. The van der Waals surface area contributed by atoms with Gasteiger partial charge < -0.3 is 4.74 Å². The minimum absolute atomic E-state index is 0.0711. The maximum absolute atomic E-state index is 12.7. The molecule has 1 heterocycles. The molecule has 0 unspecified atom stereocenters. The van der Waals surface area contributed by atoms with Crippen LogP contribution in [0.5, 0.6) is 5.75 Å². The Hall–Kier alpha value is -1.61. The second kappa shape index (κ2) is 6.84. The molecule has 0 atom stereocenters. The number of rotatable bonds is 5. The number of sulfonamides is 1. The lowest BCUT2D eigenvalue weighted by molar-refractivity contribution is 0.309. The van der Waals surface area contributed by atoms with Crippen molar-refractivity contribution >= 4 is 31.5 Å². The summed E-state index contributed by atoms with van der Waals surface area (Å²) in [6.45, 7) is 1.61. The summed E-state index contributed by atoms with van der Waals surface area (Å²) in [5.41, 5.74) is 0.694. The van der Waals surface area contributed by atoms with E-state index in [2.05, 4.69) is 0 Å². The lowest BCUT2D eigenvalue weighted by Crippen LogP contribution is -2.56. The molecule has 1 aliphatic heterocycles. The van der Waals surface area contributed by atoms with E-state index in [1.165, 1.54) is 47.8 Å². The van der Waals surface area contributed by atoms with Crippen molar-refractivity contribution in [1.82, 2.24) is 4.31 Å². The van der Waals surface area contributed by atoms with Crippen LogP contribution in [0.1, 0.15) is 5.56 Å². The minimum atomic E-state index is -3.74. The molecule has 140 valence electrons. The van der Waals surface area contributed by atoms with Gasteiger partial charge >= 0.3 is 0 Å². The van der Waals surface area contributed by atoms with Crippen LogP contribution in [0.2, 0.25) is 5.02 Å².